The zero-order chi connectivity index (χ0) is 18.0. The van der Waals surface area contributed by atoms with Gasteiger partial charge in [-0.25, -0.2) is 13.2 Å². The Bertz CT molecular complexity index is 610. The third-order valence-corrected chi connectivity index (χ3v) is 5.20. The SMILES string of the molecule is Fc1cc(C2CCC(C3OCC(C=C(Cl)Cl)CO3)CC2)cc(F)c1F. The average molecular weight is 395 g/mol. The normalized spacial score (nSPS) is 30.1. The van der Waals surface area contributed by atoms with Crippen molar-refractivity contribution >= 4 is 23.2 Å². The highest BCUT2D eigenvalue weighted by Gasteiger charge is 2.33. The lowest BCUT2D eigenvalue weighted by molar-refractivity contribution is -0.222. The van der Waals surface area contributed by atoms with Crippen LogP contribution >= 0.6 is 23.2 Å². The molecule has 2 fully saturated rings. The van der Waals surface area contributed by atoms with Gasteiger partial charge >= 0.3 is 0 Å². The maximum absolute atomic E-state index is 13.4. The molecule has 0 aromatic heterocycles. The van der Waals surface area contributed by atoms with Gasteiger partial charge in [-0.3, -0.25) is 0 Å². The lowest BCUT2D eigenvalue weighted by Gasteiger charge is -2.37. The number of hydrogen-bond acceptors (Lipinski definition) is 2. The summed E-state index contributed by atoms with van der Waals surface area (Å²) in [4.78, 5) is 0. The standard InChI is InChI=1S/C18H19Cl2F3O2/c19-16(20)5-10-8-24-18(25-9-10)12-3-1-11(2-4-12)13-6-14(21)17(23)15(22)7-13/h5-7,10-12,18H,1-4,8-9H2. The largest absolute Gasteiger partial charge is 0.352 e. The minimum absolute atomic E-state index is 0.0233. The first-order chi connectivity index (χ1) is 11.9. The molecule has 0 radical (unpaired) electrons. The summed E-state index contributed by atoms with van der Waals surface area (Å²) in [5, 5.41) is 0. The minimum Gasteiger partial charge on any atom is -0.352 e. The maximum atomic E-state index is 13.4. The van der Waals surface area contributed by atoms with Gasteiger partial charge in [0.1, 0.15) is 4.49 Å². The van der Waals surface area contributed by atoms with Gasteiger partial charge in [0.25, 0.3) is 0 Å². The maximum Gasteiger partial charge on any atom is 0.194 e. The van der Waals surface area contributed by atoms with Crippen molar-refractivity contribution in [3.05, 3.63) is 45.7 Å². The van der Waals surface area contributed by atoms with E-state index in [1.165, 1.54) is 0 Å². The van der Waals surface area contributed by atoms with Gasteiger partial charge in [0.05, 0.1) is 13.2 Å². The Labute approximate surface area is 154 Å². The van der Waals surface area contributed by atoms with Gasteiger partial charge < -0.3 is 9.47 Å². The third-order valence-electron chi connectivity index (χ3n) is 4.95. The molecule has 0 spiro atoms. The monoisotopic (exact) mass is 394 g/mol. The molecule has 3 rings (SSSR count). The van der Waals surface area contributed by atoms with Crippen molar-refractivity contribution in [2.45, 2.75) is 37.9 Å². The lowest BCUT2D eigenvalue weighted by Crippen LogP contribution is -2.37. The topological polar surface area (TPSA) is 18.5 Å². The molecule has 25 heavy (non-hydrogen) atoms. The molecule has 2 aliphatic rings. The van der Waals surface area contributed by atoms with Gasteiger partial charge in [0, 0.05) is 11.8 Å². The van der Waals surface area contributed by atoms with E-state index in [4.69, 9.17) is 32.7 Å². The van der Waals surface area contributed by atoms with Crippen LogP contribution in [0, 0.1) is 29.3 Å². The van der Waals surface area contributed by atoms with Crippen LogP contribution in [0.1, 0.15) is 37.2 Å². The van der Waals surface area contributed by atoms with Gasteiger partial charge in [0.2, 0.25) is 0 Å². The molecule has 2 nitrogen and oxygen atoms in total. The molecule has 1 saturated heterocycles. The Kier molecular flexibility index (Phi) is 6.31. The van der Waals surface area contributed by atoms with Gasteiger partial charge in [-0.15, -0.1) is 0 Å². The van der Waals surface area contributed by atoms with Crippen LogP contribution in [0.4, 0.5) is 13.2 Å². The Morgan fingerprint density at radius 1 is 0.960 bits per heavy atom. The van der Waals surface area contributed by atoms with E-state index in [9.17, 15) is 13.2 Å². The molecule has 0 atom stereocenters. The van der Waals surface area contributed by atoms with Crippen molar-refractivity contribution in [1.29, 1.82) is 0 Å². The predicted molar refractivity (Wildman–Crippen MR) is 90.0 cm³/mol. The first-order valence-corrected chi connectivity index (χ1v) is 9.10. The molecule has 0 N–H and O–H groups in total. The highest BCUT2D eigenvalue weighted by atomic mass is 35.5. The lowest BCUT2D eigenvalue weighted by atomic mass is 9.78. The van der Waals surface area contributed by atoms with Crippen LogP contribution in [-0.2, 0) is 9.47 Å². The Morgan fingerprint density at radius 3 is 2.04 bits per heavy atom. The number of ether oxygens (including phenoxy) is 2. The second kappa shape index (κ2) is 8.30. The van der Waals surface area contributed by atoms with E-state index in [-0.39, 0.29) is 28.5 Å². The van der Waals surface area contributed by atoms with Crippen LogP contribution in [-0.4, -0.2) is 19.5 Å². The summed E-state index contributed by atoms with van der Waals surface area (Å²) >= 11 is 11.3. The molecular formula is C18H19Cl2F3O2. The number of benzene rings is 1. The Hall–Kier alpha value is -0.750. The number of halogens is 5. The zero-order valence-electron chi connectivity index (χ0n) is 13.5. The highest BCUT2D eigenvalue weighted by Crippen LogP contribution is 2.39. The fourth-order valence-corrected chi connectivity index (χ4v) is 3.97. The first-order valence-electron chi connectivity index (χ1n) is 8.34. The summed E-state index contributed by atoms with van der Waals surface area (Å²) in [5.41, 5.74) is 0.516. The van der Waals surface area contributed by atoms with Crippen molar-refractivity contribution in [2.75, 3.05) is 13.2 Å². The van der Waals surface area contributed by atoms with Crippen LogP contribution in [0.15, 0.2) is 22.7 Å². The molecule has 1 aromatic rings. The van der Waals surface area contributed by atoms with Gasteiger partial charge in [0.15, 0.2) is 23.7 Å². The molecule has 0 unspecified atom stereocenters. The van der Waals surface area contributed by atoms with Crippen LogP contribution in [0.2, 0.25) is 0 Å². The molecule has 138 valence electrons. The van der Waals surface area contributed by atoms with Gasteiger partial charge in [-0.2, -0.15) is 0 Å². The smallest absolute Gasteiger partial charge is 0.194 e. The summed E-state index contributed by atoms with van der Waals surface area (Å²) in [6.07, 6.45) is 4.60. The minimum atomic E-state index is -1.41. The van der Waals surface area contributed by atoms with Crippen molar-refractivity contribution in [3.63, 3.8) is 0 Å². The highest BCUT2D eigenvalue weighted by molar-refractivity contribution is 6.55. The summed E-state index contributed by atoms with van der Waals surface area (Å²) in [5.74, 6) is -3.37. The van der Waals surface area contributed by atoms with Crippen molar-refractivity contribution in [3.8, 4) is 0 Å². The van der Waals surface area contributed by atoms with E-state index < -0.39 is 17.5 Å². The molecule has 0 amide bonds. The fraction of sp³-hybridized carbons (Fsp3) is 0.556. The molecule has 1 heterocycles. The van der Waals surface area contributed by atoms with E-state index in [2.05, 4.69) is 0 Å². The van der Waals surface area contributed by atoms with Gasteiger partial charge in [-0.05, 0) is 55.4 Å². The molecular weight excluding hydrogens is 376 g/mol. The first kappa shape index (κ1) is 19.0. The zero-order valence-corrected chi connectivity index (χ0v) is 15.0. The molecule has 1 saturated carbocycles. The summed E-state index contributed by atoms with van der Waals surface area (Å²) in [6, 6.07) is 2.20. The summed E-state index contributed by atoms with van der Waals surface area (Å²) in [6.45, 7) is 1.00. The van der Waals surface area contributed by atoms with Crippen LogP contribution in [0.5, 0.6) is 0 Å². The summed E-state index contributed by atoms with van der Waals surface area (Å²) < 4.78 is 51.7. The Morgan fingerprint density at radius 2 is 1.52 bits per heavy atom. The van der Waals surface area contributed by atoms with Crippen LogP contribution < -0.4 is 0 Å². The summed E-state index contributed by atoms with van der Waals surface area (Å²) in [7, 11) is 0. The van der Waals surface area contributed by atoms with E-state index in [0.717, 1.165) is 37.8 Å². The number of rotatable bonds is 3. The van der Waals surface area contributed by atoms with E-state index in [0.29, 0.717) is 18.8 Å². The number of hydrogen-bond donors (Lipinski definition) is 0. The van der Waals surface area contributed by atoms with Gasteiger partial charge in [-0.1, -0.05) is 23.2 Å². The van der Waals surface area contributed by atoms with E-state index >= 15 is 0 Å². The second-order valence-electron chi connectivity index (χ2n) is 6.66. The van der Waals surface area contributed by atoms with Crippen LogP contribution in [0.25, 0.3) is 0 Å². The quantitative estimate of drug-likeness (QED) is 0.613. The average Bonchev–Trinajstić information content (AvgIpc) is 2.59. The van der Waals surface area contributed by atoms with Crippen molar-refractivity contribution < 1.29 is 22.6 Å². The predicted octanol–water partition coefficient (Wildman–Crippen LogP) is 5.69. The van der Waals surface area contributed by atoms with Crippen molar-refractivity contribution in [2.24, 2.45) is 11.8 Å². The van der Waals surface area contributed by atoms with E-state index in [1.54, 1.807) is 6.08 Å². The molecule has 1 aliphatic heterocycles. The molecule has 1 aromatic carbocycles. The molecule has 0 bridgehead atoms. The van der Waals surface area contributed by atoms with Crippen LogP contribution in [0.3, 0.4) is 0 Å². The third kappa shape index (κ3) is 4.70. The fourth-order valence-electron chi connectivity index (χ4n) is 3.62. The molecule has 7 heteroatoms. The van der Waals surface area contributed by atoms with E-state index in [1.807, 2.05) is 0 Å². The molecule has 1 aliphatic carbocycles. The Balaban J connectivity index is 1.53. The van der Waals surface area contributed by atoms with Crippen molar-refractivity contribution in [1.82, 2.24) is 0 Å². The second-order valence-corrected chi connectivity index (χ2v) is 7.67.